The van der Waals surface area contributed by atoms with Crippen LogP contribution in [0.2, 0.25) is 0 Å². The summed E-state index contributed by atoms with van der Waals surface area (Å²) in [6, 6.07) is 0. The second-order valence-corrected chi connectivity index (χ2v) is 4.32. The van der Waals surface area contributed by atoms with Gasteiger partial charge in [0.2, 0.25) is 5.82 Å². The van der Waals surface area contributed by atoms with Gasteiger partial charge in [-0.3, -0.25) is 9.89 Å². The largest absolute Gasteiger partial charge is 0.348 e. The van der Waals surface area contributed by atoms with Crippen LogP contribution in [-0.4, -0.2) is 40.7 Å². The van der Waals surface area contributed by atoms with Gasteiger partial charge in [-0.25, -0.2) is 4.98 Å². The van der Waals surface area contributed by atoms with Crippen LogP contribution >= 0.6 is 0 Å². The summed E-state index contributed by atoms with van der Waals surface area (Å²) in [5, 5.41) is 12.7. The van der Waals surface area contributed by atoms with Crippen molar-refractivity contribution < 1.29 is 4.79 Å². The molecule has 6 heteroatoms. The monoisotopic (exact) mass is 237 g/mol. The van der Waals surface area contributed by atoms with Crippen molar-refractivity contribution >= 4 is 5.91 Å². The number of carbonyl (C=O) groups is 1. The van der Waals surface area contributed by atoms with Gasteiger partial charge in [-0.2, -0.15) is 0 Å². The van der Waals surface area contributed by atoms with E-state index in [2.05, 4.69) is 32.7 Å². The van der Waals surface area contributed by atoms with Gasteiger partial charge in [-0.1, -0.05) is 6.92 Å². The Morgan fingerprint density at radius 1 is 1.41 bits per heavy atom. The van der Waals surface area contributed by atoms with Crippen molar-refractivity contribution in [3.63, 3.8) is 0 Å². The summed E-state index contributed by atoms with van der Waals surface area (Å²) in [6.07, 6.45) is 3.40. The number of carbonyl (C=O) groups excluding carboxylic acids is 1. The molecule has 6 nitrogen and oxygen atoms in total. The molecule has 0 aliphatic heterocycles. The fourth-order valence-corrected chi connectivity index (χ4v) is 1.56. The molecule has 0 radical (unpaired) electrons. The quantitative estimate of drug-likeness (QED) is 0.600. The summed E-state index contributed by atoms with van der Waals surface area (Å²) in [5.74, 6) is 1.39. The van der Waals surface area contributed by atoms with Gasteiger partial charge in [0.05, 0.1) is 0 Å². The van der Waals surface area contributed by atoms with E-state index in [4.69, 9.17) is 0 Å². The van der Waals surface area contributed by atoms with E-state index in [1.165, 1.54) is 0 Å². The molecule has 1 amide bonds. The van der Waals surface area contributed by atoms with Gasteiger partial charge in [0.1, 0.15) is 5.82 Å². The number of hydrogen-bond acceptors (Lipinski definition) is 4. The highest BCUT2D eigenvalue weighted by atomic mass is 16.2. The number of nitrogens with zero attached hydrogens (tertiary/aromatic N) is 2. The van der Waals surface area contributed by atoms with Crippen LogP contribution < -0.4 is 10.6 Å². The lowest BCUT2D eigenvalue weighted by Crippen LogP contribution is -2.32. The number of rotatable bonds is 7. The van der Waals surface area contributed by atoms with Crippen molar-refractivity contribution in [1.82, 2.24) is 25.8 Å². The second-order valence-electron chi connectivity index (χ2n) is 4.32. The van der Waals surface area contributed by atoms with Crippen LogP contribution in [0.3, 0.4) is 0 Å². The molecule has 1 heterocycles. The Labute approximate surface area is 101 Å². The van der Waals surface area contributed by atoms with E-state index in [0.717, 1.165) is 38.2 Å². The van der Waals surface area contributed by atoms with Crippen LogP contribution in [0.25, 0.3) is 0 Å². The Morgan fingerprint density at radius 2 is 2.24 bits per heavy atom. The molecule has 0 bridgehead atoms. The van der Waals surface area contributed by atoms with Crippen molar-refractivity contribution in [3.8, 4) is 0 Å². The van der Waals surface area contributed by atoms with E-state index in [1.54, 1.807) is 0 Å². The first-order valence-electron chi connectivity index (χ1n) is 6.22. The van der Waals surface area contributed by atoms with Gasteiger partial charge in [-0.15, -0.1) is 5.10 Å². The molecular weight excluding hydrogens is 218 g/mol. The Kier molecular flexibility index (Phi) is 4.08. The predicted molar refractivity (Wildman–Crippen MR) is 63.9 cm³/mol. The number of hydrogen-bond donors (Lipinski definition) is 3. The normalized spacial score (nSPS) is 14.9. The third kappa shape index (κ3) is 3.52. The van der Waals surface area contributed by atoms with Crippen molar-refractivity contribution in [2.45, 2.75) is 32.1 Å². The highest BCUT2D eigenvalue weighted by Gasteiger charge is 2.28. The Bertz CT molecular complexity index is 372. The topological polar surface area (TPSA) is 82.7 Å². The Morgan fingerprint density at radius 3 is 2.94 bits per heavy atom. The number of aromatic amines is 1. The van der Waals surface area contributed by atoms with Gasteiger partial charge in [0.15, 0.2) is 0 Å². The molecular formula is C11H19N5O. The first kappa shape index (κ1) is 12.0. The van der Waals surface area contributed by atoms with E-state index >= 15 is 0 Å². The Balaban J connectivity index is 1.70. The molecule has 1 aromatic rings. The number of nitrogens with one attached hydrogen (secondary N) is 3. The van der Waals surface area contributed by atoms with E-state index in [1.807, 2.05) is 0 Å². The summed E-state index contributed by atoms with van der Waals surface area (Å²) in [6.45, 7) is 4.46. The van der Waals surface area contributed by atoms with E-state index in [-0.39, 0.29) is 11.7 Å². The first-order chi connectivity index (χ1) is 8.31. The molecule has 0 spiro atoms. The van der Waals surface area contributed by atoms with Crippen LogP contribution in [0, 0.1) is 0 Å². The summed E-state index contributed by atoms with van der Waals surface area (Å²) in [4.78, 5) is 15.8. The predicted octanol–water partition coefficient (Wildman–Crippen LogP) is 0.411. The maximum Gasteiger partial charge on any atom is 0.291 e. The van der Waals surface area contributed by atoms with E-state index in [0.29, 0.717) is 12.5 Å². The highest BCUT2D eigenvalue weighted by Crippen LogP contribution is 2.37. The fourth-order valence-electron chi connectivity index (χ4n) is 1.56. The van der Waals surface area contributed by atoms with Gasteiger partial charge in [0.25, 0.3) is 5.91 Å². The fraction of sp³-hybridized carbons (Fsp3) is 0.727. The van der Waals surface area contributed by atoms with Gasteiger partial charge >= 0.3 is 0 Å². The maximum absolute atomic E-state index is 11.6. The molecule has 3 N–H and O–H groups in total. The molecule has 1 aliphatic rings. The lowest BCUT2D eigenvalue weighted by Gasteiger charge is -2.03. The van der Waals surface area contributed by atoms with Crippen LogP contribution in [0.4, 0.5) is 0 Å². The zero-order valence-corrected chi connectivity index (χ0v) is 10.1. The minimum absolute atomic E-state index is 0.202. The Hall–Kier alpha value is -1.43. The van der Waals surface area contributed by atoms with Gasteiger partial charge in [-0.05, 0) is 25.8 Å². The lowest BCUT2D eigenvalue weighted by molar-refractivity contribution is 0.0944. The summed E-state index contributed by atoms with van der Waals surface area (Å²) >= 11 is 0. The van der Waals surface area contributed by atoms with Crippen molar-refractivity contribution in [3.05, 3.63) is 11.6 Å². The molecule has 1 saturated carbocycles. The average Bonchev–Trinajstić information content (AvgIpc) is 3.07. The molecule has 17 heavy (non-hydrogen) atoms. The minimum Gasteiger partial charge on any atom is -0.348 e. The van der Waals surface area contributed by atoms with Crippen LogP contribution in [0.5, 0.6) is 0 Å². The zero-order chi connectivity index (χ0) is 12.1. The van der Waals surface area contributed by atoms with Crippen molar-refractivity contribution in [2.24, 2.45) is 0 Å². The summed E-state index contributed by atoms with van der Waals surface area (Å²) in [7, 11) is 0. The molecule has 0 unspecified atom stereocenters. The van der Waals surface area contributed by atoms with Crippen LogP contribution in [-0.2, 0) is 0 Å². The molecule has 94 valence electrons. The molecule has 0 saturated heterocycles. The zero-order valence-electron chi connectivity index (χ0n) is 10.1. The van der Waals surface area contributed by atoms with Crippen molar-refractivity contribution in [1.29, 1.82) is 0 Å². The summed E-state index contributed by atoms with van der Waals surface area (Å²) in [5.41, 5.74) is 0. The van der Waals surface area contributed by atoms with Gasteiger partial charge in [0, 0.05) is 19.0 Å². The van der Waals surface area contributed by atoms with Crippen molar-refractivity contribution in [2.75, 3.05) is 19.6 Å². The number of aromatic nitrogens is 3. The molecule has 2 rings (SSSR count). The average molecular weight is 237 g/mol. The number of H-pyrrole nitrogens is 1. The van der Waals surface area contributed by atoms with E-state index < -0.39 is 0 Å². The van der Waals surface area contributed by atoms with Crippen LogP contribution in [0.1, 0.15) is 48.5 Å². The number of amides is 1. The van der Waals surface area contributed by atoms with Crippen LogP contribution in [0.15, 0.2) is 0 Å². The lowest BCUT2D eigenvalue weighted by atomic mass is 10.4. The minimum atomic E-state index is -0.202. The van der Waals surface area contributed by atoms with E-state index in [9.17, 15) is 4.79 Å². The third-order valence-corrected chi connectivity index (χ3v) is 2.68. The molecule has 1 fully saturated rings. The molecule has 1 aliphatic carbocycles. The smallest absolute Gasteiger partial charge is 0.291 e. The molecule has 1 aromatic heterocycles. The summed E-state index contributed by atoms with van der Waals surface area (Å²) < 4.78 is 0. The third-order valence-electron chi connectivity index (χ3n) is 2.68. The highest BCUT2D eigenvalue weighted by molar-refractivity contribution is 5.90. The first-order valence-corrected chi connectivity index (χ1v) is 6.22. The SMILES string of the molecule is CCCNCCNC(=O)c1n[nH]c(C2CC2)n1. The standard InChI is InChI=1S/C11H19N5O/c1-2-5-12-6-7-13-11(17)10-14-9(15-16-10)8-3-4-8/h8,12H,2-7H2,1H3,(H,13,17)(H,14,15,16). The second kappa shape index (κ2) is 5.77. The maximum atomic E-state index is 11.6. The molecule has 0 atom stereocenters. The molecule has 0 aromatic carbocycles. The van der Waals surface area contributed by atoms with Gasteiger partial charge < -0.3 is 10.6 Å².